The topological polar surface area (TPSA) is 122 Å². The van der Waals surface area contributed by atoms with Crippen LogP contribution in [0.2, 0.25) is 0 Å². The fraction of sp³-hybridized carbons (Fsp3) is 0.190. The van der Waals surface area contributed by atoms with E-state index in [4.69, 9.17) is 5.73 Å². The molecule has 0 amide bonds. The molecule has 29 heavy (non-hydrogen) atoms. The zero-order chi connectivity index (χ0) is 21.0. The summed E-state index contributed by atoms with van der Waals surface area (Å²) in [6, 6.07) is 15.7. The summed E-state index contributed by atoms with van der Waals surface area (Å²) in [6.45, 7) is 6.00. The summed E-state index contributed by atoms with van der Waals surface area (Å²) in [4.78, 5) is 21.5. The lowest BCUT2D eigenvalue weighted by atomic mass is 10.1. The van der Waals surface area contributed by atoms with Crippen LogP contribution in [-0.2, 0) is 0 Å². The normalized spacial score (nSPS) is 10.4. The summed E-state index contributed by atoms with van der Waals surface area (Å²) >= 11 is 0. The van der Waals surface area contributed by atoms with Crippen molar-refractivity contribution >= 4 is 17.2 Å². The van der Waals surface area contributed by atoms with E-state index in [1.54, 1.807) is 12.1 Å². The Morgan fingerprint density at radius 1 is 1.03 bits per heavy atom. The fourth-order valence-corrected chi connectivity index (χ4v) is 3.08. The molecule has 0 spiro atoms. The number of nitro groups is 1. The molecule has 3 rings (SSSR count). The molecule has 0 fully saturated rings. The third-order valence-electron chi connectivity index (χ3n) is 4.65. The van der Waals surface area contributed by atoms with Crippen LogP contribution in [0.5, 0.6) is 0 Å². The summed E-state index contributed by atoms with van der Waals surface area (Å²) in [6.07, 6.45) is 0. The van der Waals surface area contributed by atoms with E-state index in [9.17, 15) is 15.4 Å². The molecule has 3 aromatic rings. The average Bonchev–Trinajstić information content (AvgIpc) is 2.74. The summed E-state index contributed by atoms with van der Waals surface area (Å²) in [5.74, 6) is 0.458. The maximum Gasteiger partial charge on any atom is 0.269 e. The Balaban J connectivity index is 2.06. The van der Waals surface area contributed by atoms with Crippen LogP contribution in [-0.4, -0.2) is 28.0 Å². The maximum atomic E-state index is 10.9. The minimum atomic E-state index is -0.480. The highest BCUT2D eigenvalue weighted by Crippen LogP contribution is 2.29. The van der Waals surface area contributed by atoms with E-state index in [0.717, 1.165) is 24.3 Å². The van der Waals surface area contributed by atoms with Crippen molar-refractivity contribution in [2.45, 2.75) is 13.8 Å². The van der Waals surface area contributed by atoms with Crippen LogP contribution < -0.4 is 10.6 Å². The van der Waals surface area contributed by atoms with E-state index < -0.39 is 4.92 Å². The molecule has 0 saturated heterocycles. The maximum absolute atomic E-state index is 10.9. The second-order valence-corrected chi connectivity index (χ2v) is 6.29. The highest BCUT2D eigenvalue weighted by molar-refractivity contribution is 5.75. The van der Waals surface area contributed by atoms with Gasteiger partial charge in [0.25, 0.3) is 5.69 Å². The Bertz CT molecular complexity index is 1070. The smallest absolute Gasteiger partial charge is 0.269 e. The second-order valence-electron chi connectivity index (χ2n) is 6.29. The first-order valence-electron chi connectivity index (χ1n) is 9.16. The molecule has 0 radical (unpaired) electrons. The molecule has 1 heterocycles. The van der Waals surface area contributed by atoms with E-state index in [0.29, 0.717) is 17.1 Å². The van der Waals surface area contributed by atoms with Gasteiger partial charge in [0.2, 0.25) is 0 Å². The summed E-state index contributed by atoms with van der Waals surface area (Å²) in [5, 5.41) is 20.4. The number of nitriles is 1. The van der Waals surface area contributed by atoms with Gasteiger partial charge in [-0.1, -0.05) is 0 Å². The van der Waals surface area contributed by atoms with Gasteiger partial charge in [-0.25, -0.2) is 9.97 Å². The van der Waals surface area contributed by atoms with E-state index in [1.807, 2.05) is 30.3 Å². The molecular formula is C21H20N6O2. The molecule has 0 unspecified atom stereocenters. The molecule has 1 aromatic heterocycles. The molecule has 2 N–H and O–H groups in total. The number of aromatic nitrogens is 2. The lowest BCUT2D eigenvalue weighted by Crippen LogP contribution is -2.21. The molecule has 0 atom stereocenters. The number of benzene rings is 2. The predicted molar refractivity (Wildman–Crippen MR) is 112 cm³/mol. The van der Waals surface area contributed by atoms with Gasteiger partial charge in [-0.3, -0.25) is 10.1 Å². The average molecular weight is 388 g/mol. The number of nitrogens with zero attached hydrogens (tertiary/aromatic N) is 5. The summed E-state index contributed by atoms with van der Waals surface area (Å²) in [7, 11) is 0. The number of nitrogens with two attached hydrogens (primary N) is 1. The number of nitro benzene ring substituents is 1. The van der Waals surface area contributed by atoms with E-state index in [-0.39, 0.29) is 17.1 Å². The van der Waals surface area contributed by atoms with Crippen molar-refractivity contribution < 1.29 is 4.92 Å². The first-order valence-corrected chi connectivity index (χ1v) is 9.16. The monoisotopic (exact) mass is 388 g/mol. The lowest BCUT2D eigenvalue weighted by Gasteiger charge is -2.21. The Morgan fingerprint density at radius 2 is 1.62 bits per heavy atom. The number of hydrogen-bond acceptors (Lipinski definition) is 7. The third kappa shape index (κ3) is 3.99. The fourth-order valence-electron chi connectivity index (χ4n) is 3.08. The van der Waals surface area contributed by atoms with Crippen LogP contribution in [0.15, 0.2) is 48.5 Å². The molecule has 0 aliphatic heterocycles. The number of anilines is 2. The Kier molecular flexibility index (Phi) is 5.69. The second kappa shape index (κ2) is 8.35. The van der Waals surface area contributed by atoms with Gasteiger partial charge in [-0.15, -0.1) is 0 Å². The molecule has 8 nitrogen and oxygen atoms in total. The molecule has 0 aliphatic rings. The number of non-ortho nitro benzene ring substituents is 1. The molecule has 8 heteroatoms. The first-order chi connectivity index (χ1) is 14.0. The van der Waals surface area contributed by atoms with Gasteiger partial charge in [0.05, 0.1) is 10.6 Å². The van der Waals surface area contributed by atoms with Gasteiger partial charge in [0.1, 0.15) is 17.5 Å². The molecule has 0 aliphatic carbocycles. The quantitative estimate of drug-likeness (QED) is 0.500. The number of nitrogen functional groups attached to an aromatic ring is 1. The van der Waals surface area contributed by atoms with E-state index in [1.165, 1.54) is 12.1 Å². The Morgan fingerprint density at radius 3 is 2.14 bits per heavy atom. The highest BCUT2D eigenvalue weighted by Gasteiger charge is 2.16. The zero-order valence-electron chi connectivity index (χ0n) is 16.2. The molecular weight excluding hydrogens is 368 g/mol. The van der Waals surface area contributed by atoms with Crippen molar-refractivity contribution in [3.63, 3.8) is 0 Å². The Hall–Kier alpha value is -3.99. The predicted octanol–water partition coefficient (Wildman–Crippen LogP) is 4.02. The van der Waals surface area contributed by atoms with Crippen molar-refractivity contribution in [1.29, 1.82) is 5.26 Å². The van der Waals surface area contributed by atoms with Crippen LogP contribution >= 0.6 is 0 Å². The van der Waals surface area contributed by atoms with Crippen molar-refractivity contribution in [3.05, 3.63) is 64.2 Å². The standard InChI is InChI=1S/C21H20N6O2/c1-3-26(4-2)16-9-7-15(8-10-16)21-24-19(18(13-22)20(23)25-21)14-5-11-17(12-6-14)27(28)29/h5-12H,3-4H2,1-2H3,(H2,23,24,25). The number of hydrogen-bond donors (Lipinski definition) is 1. The lowest BCUT2D eigenvalue weighted by molar-refractivity contribution is -0.384. The first kappa shape index (κ1) is 19.8. The van der Waals surface area contributed by atoms with Gasteiger partial charge in [-0.2, -0.15) is 5.26 Å². The minimum Gasteiger partial charge on any atom is -0.382 e. The van der Waals surface area contributed by atoms with Gasteiger partial charge in [0.15, 0.2) is 5.82 Å². The highest BCUT2D eigenvalue weighted by atomic mass is 16.6. The van der Waals surface area contributed by atoms with Crippen molar-refractivity contribution in [2.75, 3.05) is 23.7 Å². The van der Waals surface area contributed by atoms with Crippen LogP contribution in [0.4, 0.5) is 17.2 Å². The zero-order valence-corrected chi connectivity index (χ0v) is 16.2. The number of rotatable bonds is 6. The van der Waals surface area contributed by atoms with Gasteiger partial charge >= 0.3 is 0 Å². The van der Waals surface area contributed by atoms with Gasteiger partial charge < -0.3 is 10.6 Å². The largest absolute Gasteiger partial charge is 0.382 e. The molecule has 2 aromatic carbocycles. The SMILES string of the molecule is CCN(CC)c1ccc(-c2nc(N)c(C#N)c(-c3ccc([N+](=O)[O-])cc3)n2)cc1. The molecule has 146 valence electrons. The molecule has 0 saturated carbocycles. The van der Waals surface area contributed by atoms with Crippen LogP contribution in [0.3, 0.4) is 0 Å². The van der Waals surface area contributed by atoms with Gasteiger partial charge in [0, 0.05) is 42.0 Å². The summed E-state index contributed by atoms with van der Waals surface area (Å²) in [5.41, 5.74) is 8.88. The van der Waals surface area contributed by atoms with Crippen LogP contribution in [0.1, 0.15) is 19.4 Å². The van der Waals surface area contributed by atoms with E-state index >= 15 is 0 Å². The van der Waals surface area contributed by atoms with Crippen molar-refractivity contribution in [3.8, 4) is 28.7 Å². The summed E-state index contributed by atoms with van der Waals surface area (Å²) < 4.78 is 0. The van der Waals surface area contributed by atoms with Crippen LogP contribution in [0, 0.1) is 21.4 Å². The third-order valence-corrected chi connectivity index (χ3v) is 4.65. The minimum absolute atomic E-state index is 0.0403. The Labute approximate surface area is 168 Å². The van der Waals surface area contributed by atoms with Crippen molar-refractivity contribution in [2.24, 2.45) is 0 Å². The molecule has 0 bridgehead atoms. The van der Waals surface area contributed by atoms with Gasteiger partial charge in [-0.05, 0) is 50.2 Å². The van der Waals surface area contributed by atoms with E-state index in [2.05, 4.69) is 28.7 Å². The van der Waals surface area contributed by atoms with Crippen molar-refractivity contribution in [1.82, 2.24) is 9.97 Å². The van der Waals surface area contributed by atoms with Crippen LogP contribution in [0.25, 0.3) is 22.6 Å².